The summed E-state index contributed by atoms with van der Waals surface area (Å²) in [6.45, 7) is 2.90. The second-order valence-electron chi connectivity index (χ2n) is 6.88. The summed E-state index contributed by atoms with van der Waals surface area (Å²) in [5.41, 5.74) is 0.525. The maximum Gasteiger partial charge on any atom is 0.299 e. The fourth-order valence-corrected chi connectivity index (χ4v) is 3.45. The molecule has 1 aromatic rings. The van der Waals surface area contributed by atoms with Crippen LogP contribution >= 0.6 is 0 Å². The molecule has 5 heteroatoms. The summed E-state index contributed by atoms with van der Waals surface area (Å²) in [7, 11) is 1.73. The summed E-state index contributed by atoms with van der Waals surface area (Å²) in [5, 5.41) is 0. The second-order valence-corrected chi connectivity index (χ2v) is 6.88. The molecule has 0 N–H and O–H groups in total. The second kappa shape index (κ2) is 6.41. The number of nitrogens with zero attached hydrogens (tertiary/aromatic N) is 2. The van der Waals surface area contributed by atoms with Crippen LogP contribution in [0.4, 0.5) is 0 Å². The third kappa shape index (κ3) is 3.51. The van der Waals surface area contributed by atoms with Crippen molar-refractivity contribution in [1.82, 2.24) is 9.55 Å². The Hall–Kier alpha value is -1.36. The van der Waals surface area contributed by atoms with Crippen LogP contribution in [0.25, 0.3) is 0 Å². The predicted octanol–water partition coefficient (Wildman–Crippen LogP) is 2.60. The summed E-state index contributed by atoms with van der Waals surface area (Å²) in [5.74, 6) is 0. The van der Waals surface area contributed by atoms with Crippen LogP contribution in [0.1, 0.15) is 57.6 Å². The first-order chi connectivity index (χ1) is 10.6. The summed E-state index contributed by atoms with van der Waals surface area (Å²) in [6, 6.07) is 2.07. The highest BCUT2D eigenvalue weighted by Crippen LogP contribution is 2.28. The van der Waals surface area contributed by atoms with Gasteiger partial charge in [0, 0.05) is 26.1 Å². The summed E-state index contributed by atoms with van der Waals surface area (Å²) < 4.78 is 13.3. The monoisotopic (exact) mass is 306 g/mol. The van der Waals surface area contributed by atoms with Gasteiger partial charge in [0.15, 0.2) is 0 Å². The minimum Gasteiger partial charge on any atom is -0.461 e. The Morgan fingerprint density at radius 2 is 2.14 bits per heavy atom. The van der Waals surface area contributed by atoms with E-state index in [0.29, 0.717) is 12.4 Å². The van der Waals surface area contributed by atoms with Gasteiger partial charge in [0.1, 0.15) is 6.10 Å². The van der Waals surface area contributed by atoms with Crippen molar-refractivity contribution in [3.8, 4) is 6.01 Å². The highest BCUT2D eigenvalue weighted by atomic mass is 16.5. The standard InChI is InChI=1S/C17H26N2O3/c1-17(9-6-10-21-17)12-13-11-15(20)19(2)16(18-13)22-14-7-4-3-5-8-14/h11,14H,3-10,12H2,1-2H3. The van der Waals surface area contributed by atoms with Gasteiger partial charge in [-0.3, -0.25) is 9.36 Å². The Morgan fingerprint density at radius 1 is 1.36 bits per heavy atom. The van der Waals surface area contributed by atoms with E-state index in [1.165, 1.54) is 23.8 Å². The molecule has 1 aliphatic heterocycles. The number of hydrogen-bond acceptors (Lipinski definition) is 4. The maximum absolute atomic E-state index is 12.2. The van der Waals surface area contributed by atoms with E-state index in [2.05, 4.69) is 11.9 Å². The molecule has 1 unspecified atom stereocenters. The van der Waals surface area contributed by atoms with Crippen molar-refractivity contribution < 1.29 is 9.47 Å². The number of rotatable bonds is 4. The number of ether oxygens (including phenoxy) is 2. The van der Waals surface area contributed by atoms with Crippen molar-refractivity contribution in [3.05, 3.63) is 22.1 Å². The predicted molar refractivity (Wildman–Crippen MR) is 84.3 cm³/mol. The molecule has 2 aliphatic rings. The SMILES string of the molecule is Cn1c(OC2CCCCC2)nc(CC2(C)CCCO2)cc1=O. The Bertz CT molecular complexity index is 570. The topological polar surface area (TPSA) is 53.4 Å². The van der Waals surface area contributed by atoms with Crippen LogP contribution in [0.5, 0.6) is 6.01 Å². The average Bonchev–Trinajstić information content (AvgIpc) is 2.91. The lowest BCUT2D eigenvalue weighted by Gasteiger charge is -2.25. The van der Waals surface area contributed by atoms with E-state index in [1.54, 1.807) is 13.1 Å². The summed E-state index contributed by atoms with van der Waals surface area (Å²) in [6.07, 6.45) is 8.75. The van der Waals surface area contributed by atoms with Gasteiger partial charge < -0.3 is 9.47 Å². The first-order valence-corrected chi connectivity index (χ1v) is 8.43. The fraction of sp³-hybridized carbons (Fsp3) is 0.765. The minimum absolute atomic E-state index is 0.0580. The lowest BCUT2D eigenvalue weighted by atomic mass is 9.96. The van der Waals surface area contributed by atoms with Crippen LogP contribution in [-0.2, 0) is 18.2 Å². The summed E-state index contributed by atoms with van der Waals surface area (Å²) in [4.78, 5) is 16.8. The molecule has 0 spiro atoms. The van der Waals surface area contributed by atoms with Gasteiger partial charge in [-0.1, -0.05) is 6.42 Å². The number of aromatic nitrogens is 2. The lowest BCUT2D eigenvalue weighted by molar-refractivity contribution is 0.0197. The molecule has 1 aromatic heterocycles. The molecular weight excluding hydrogens is 280 g/mol. The van der Waals surface area contributed by atoms with E-state index in [-0.39, 0.29) is 17.3 Å². The van der Waals surface area contributed by atoms with E-state index < -0.39 is 0 Å². The van der Waals surface area contributed by atoms with Crippen LogP contribution in [0.2, 0.25) is 0 Å². The summed E-state index contributed by atoms with van der Waals surface area (Å²) >= 11 is 0. The van der Waals surface area contributed by atoms with Gasteiger partial charge in [0.2, 0.25) is 0 Å². The molecule has 1 saturated carbocycles. The van der Waals surface area contributed by atoms with Gasteiger partial charge in [-0.15, -0.1) is 0 Å². The molecule has 3 rings (SSSR count). The maximum atomic E-state index is 12.2. The normalized spacial score (nSPS) is 26.3. The first-order valence-electron chi connectivity index (χ1n) is 8.43. The molecular formula is C17H26N2O3. The van der Waals surface area contributed by atoms with E-state index in [4.69, 9.17) is 9.47 Å². The van der Waals surface area contributed by atoms with Crippen molar-refractivity contribution in [2.75, 3.05) is 6.61 Å². The van der Waals surface area contributed by atoms with Gasteiger partial charge in [0.05, 0.1) is 11.3 Å². The van der Waals surface area contributed by atoms with Crippen LogP contribution in [0.15, 0.2) is 10.9 Å². The average molecular weight is 306 g/mol. The Kier molecular flexibility index (Phi) is 4.52. The Morgan fingerprint density at radius 3 is 2.82 bits per heavy atom. The van der Waals surface area contributed by atoms with E-state index >= 15 is 0 Å². The van der Waals surface area contributed by atoms with Gasteiger partial charge >= 0.3 is 0 Å². The molecule has 1 saturated heterocycles. The van der Waals surface area contributed by atoms with Gasteiger partial charge in [-0.25, -0.2) is 4.98 Å². The molecule has 1 aliphatic carbocycles. The first kappa shape index (κ1) is 15.5. The molecule has 0 aromatic carbocycles. The third-order valence-electron chi connectivity index (χ3n) is 4.83. The molecule has 1 atom stereocenters. The minimum atomic E-state index is -0.193. The molecule has 5 nitrogen and oxygen atoms in total. The van der Waals surface area contributed by atoms with Crippen molar-refractivity contribution in [2.45, 2.75) is 70.0 Å². The zero-order valence-corrected chi connectivity index (χ0v) is 13.6. The molecule has 22 heavy (non-hydrogen) atoms. The van der Waals surface area contributed by atoms with Crippen molar-refractivity contribution >= 4 is 0 Å². The van der Waals surface area contributed by atoms with E-state index in [1.807, 2.05) is 0 Å². The van der Waals surface area contributed by atoms with Gasteiger partial charge in [-0.05, 0) is 45.4 Å². The van der Waals surface area contributed by atoms with Gasteiger partial charge in [-0.2, -0.15) is 0 Å². The fourth-order valence-electron chi connectivity index (χ4n) is 3.45. The van der Waals surface area contributed by atoms with Crippen molar-refractivity contribution in [2.24, 2.45) is 7.05 Å². The molecule has 2 fully saturated rings. The van der Waals surface area contributed by atoms with Crippen molar-refractivity contribution in [3.63, 3.8) is 0 Å². The Balaban J connectivity index is 1.78. The van der Waals surface area contributed by atoms with Crippen LogP contribution < -0.4 is 10.3 Å². The molecule has 2 heterocycles. The lowest BCUT2D eigenvalue weighted by Crippen LogP contribution is -2.30. The molecule has 0 bridgehead atoms. The Labute approximate surface area is 131 Å². The zero-order chi connectivity index (χ0) is 15.6. The highest BCUT2D eigenvalue weighted by Gasteiger charge is 2.31. The highest BCUT2D eigenvalue weighted by molar-refractivity contribution is 5.11. The van der Waals surface area contributed by atoms with E-state index in [9.17, 15) is 4.79 Å². The third-order valence-corrected chi connectivity index (χ3v) is 4.83. The number of hydrogen-bond donors (Lipinski definition) is 0. The largest absolute Gasteiger partial charge is 0.461 e. The van der Waals surface area contributed by atoms with Gasteiger partial charge in [0.25, 0.3) is 11.6 Å². The van der Waals surface area contributed by atoms with Crippen LogP contribution in [0, 0.1) is 0 Å². The van der Waals surface area contributed by atoms with Crippen LogP contribution in [-0.4, -0.2) is 27.9 Å². The molecule has 0 radical (unpaired) electrons. The zero-order valence-electron chi connectivity index (χ0n) is 13.6. The molecule has 122 valence electrons. The van der Waals surface area contributed by atoms with E-state index in [0.717, 1.165) is 38.0 Å². The van der Waals surface area contributed by atoms with Crippen LogP contribution in [0.3, 0.4) is 0 Å². The quantitative estimate of drug-likeness (QED) is 0.858. The van der Waals surface area contributed by atoms with Crippen molar-refractivity contribution in [1.29, 1.82) is 0 Å². The smallest absolute Gasteiger partial charge is 0.299 e. The molecule has 0 amide bonds.